The lowest BCUT2D eigenvalue weighted by Gasteiger charge is -2.44. The predicted molar refractivity (Wildman–Crippen MR) is 122 cm³/mol. The molecule has 0 aliphatic carbocycles. The summed E-state index contributed by atoms with van der Waals surface area (Å²) >= 11 is 5.24. The molecule has 1 saturated heterocycles. The summed E-state index contributed by atoms with van der Waals surface area (Å²) in [5.41, 5.74) is 0. The zero-order chi connectivity index (χ0) is 25.7. The van der Waals surface area contributed by atoms with Crippen LogP contribution in [0.1, 0.15) is 66.7 Å². The molecule has 0 aromatic heterocycles. The van der Waals surface area contributed by atoms with Gasteiger partial charge in [-0.25, -0.2) is 0 Å². The quantitative estimate of drug-likeness (QED) is 0.180. The van der Waals surface area contributed by atoms with Crippen LogP contribution in [0.3, 0.4) is 0 Å². The zero-order valence-electron chi connectivity index (χ0n) is 20.3. The molecule has 0 radical (unpaired) electrons. The molecule has 0 unspecified atom stereocenters. The van der Waals surface area contributed by atoms with Crippen LogP contribution in [-0.2, 0) is 47.6 Å². The molecule has 0 amide bonds. The van der Waals surface area contributed by atoms with Crippen LogP contribution in [0.25, 0.3) is 0 Å². The van der Waals surface area contributed by atoms with Crippen molar-refractivity contribution >= 4 is 41.3 Å². The fourth-order valence-electron chi connectivity index (χ4n) is 3.37. The molecule has 0 aromatic rings. The monoisotopic (exact) mass is 505 g/mol. The van der Waals surface area contributed by atoms with Gasteiger partial charge >= 0.3 is 23.9 Å². The fraction of sp³-hybridized carbons (Fsp3) is 0.773. The normalized spacial score (nSPS) is 23.9. The van der Waals surface area contributed by atoms with Crippen molar-refractivity contribution in [3.63, 3.8) is 0 Å². The Labute approximate surface area is 205 Å². The van der Waals surface area contributed by atoms with Gasteiger partial charge in [-0.05, 0) is 18.6 Å². The van der Waals surface area contributed by atoms with Crippen molar-refractivity contribution < 1.29 is 47.6 Å². The molecule has 0 aromatic carbocycles. The molecule has 1 fully saturated rings. The summed E-state index contributed by atoms with van der Waals surface area (Å²) in [6.07, 6.45) is -0.769. The number of ether oxygens (including phenoxy) is 6. The van der Waals surface area contributed by atoms with Crippen molar-refractivity contribution in [2.75, 3.05) is 13.2 Å². The summed E-state index contributed by atoms with van der Waals surface area (Å²) in [6.45, 7) is 6.86. The first-order chi connectivity index (χ1) is 16.0. The van der Waals surface area contributed by atoms with Crippen LogP contribution >= 0.6 is 12.2 Å². The van der Waals surface area contributed by atoms with Gasteiger partial charge in [0.05, 0.1) is 6.61 Å². The molecule has 0 bridgehead atoms. The molecule has 1 rings (SSSR count). The SMILES string of the molecule is CCCCCCCOC(=S)N[C@@H]1O[C@H](COC(C)=O)[C@@H](OC(C)=O)[C@H](OC(C)=O)[C@H]1OC(C)=O. The molecule has 1 N–H and O–H groups in total. The van der Waals surface area contributed by atoms with Crippen molar-refractivity contribution in [1.82, 2.24) is 5.32 Å². The first-order valence-electron chi connectivity index (χ1n) is 11.3. The Bertz CT molecular complexity index is 716. The van der Waals surface area contributed by atoms with Crippen LogP contribution in [0.15, 0.2) is 0 Å². The maximum Gasteiger partial charge on any atom is 0.303 e. The smallest absolute Gasteiger partial charge is 0.303 e. The van der Waals surface area contributed by atoms with Crippen LogP contribution in [0.2, 0.25) is 0 Å². The highest BCUT2D eigenvalue weighted by Crippen LogP contribution is 2.28. The summed E-state index contributed by atoms with van der Waals surface area (Å²) < 4.78 is 32.5. The Kier molecular flexibility index (Phi) is 13.4. The van der Waals surface area contributed by atoms with Gasteiger partial charge in [0, 0.05) is 27.7 Å². The van der Waals surface area contributed by atoms with Crippen molar-refractivity contribution in [3.05, 3.63) is 0 Å². The van der Waals surface area contributed by atoms with Gasteiger partial charge in [0.15, 0.2) is 24.5 Å². The highest BCUT2D eigenvalue weighted by Gasteiger charge is 2.52. The molecule has 1 heterocycles. The second-order valence-electron chi connectivity index (χ2n) is 7.81. The number of nitrogens with one attached hydrogen (secondary N) is 1. The van der Waals surface area contributed by atoms with Crippen molar-refractivity contribution in [2.45, 2.75) is 97.4 Å². The number of thiocarbonyl (C=S) groups is 1. The Balaban J connectivity index is 3.06. The van der Waals surface area contributed by atoms with E-state index in [1.54, 1.807) is 0 Å². The molecule has 11 nitrogen and oxygen atoms in total. The molecule has 0 spiro atoms. The largest absolute Gasteiger partial charge is 0.471 e. The number of carbonyl (C=O) groups excluding carboxylic acids is 4. The standard InChI is InChI=1S/C22H35NO10S/c1-6-7-8-9-10-11-28-22(34)23-21-20(32-16(5)27)19(31-15(4)26)18(30-14(3)25)17(33-21)12-29-13(2)24/h17-21H,6-12H2,1-5H3,(H,23,34)/t17-,18-,19+,20-,21-/m1/s1. The minimum absolute atomic E-state index is 0.0172. The molecular formula is C22H35NO10S. The predicted octanol–water partition coefficient (Wildman–Crippen LogP) is 1.93. The topological polar surface area (TPSA) is 136 Å². The molecule has 34 heavy (non-hydrogen) atoms. The lowest BCUT2D eigenvalue weighted by atomic mass is 9.97. The van der Waals surface area contributed by atoms with E-state index in [2.05, 4.69) is 12.2 Å². The van der Waals surface area contributed by atoms with Gasteiger partial charge in [-0.2, -0.15) is 0 Å². The van der Waals surface area contributed by atoms with E-state index < -0.39 is 54.5 Å². The molecule has 1 aliphatic heterocycles. The Morgan fingerprint density at radius 2 is 1.32 bits per heavy atom. The van der Waals surface area contributed by atoms with Gasteiger partial charge in [0.1, 0.15) is 12.7 Å². The van der Waals surface area contributed by atoms with E-state index in [4.69, 9.17) is 40.6 Å². The first kappa shape index (κ1) is 29.6. The van der Waals surface area contributed by atoms with Crippen LogP contribution in [0.4, 0.5) is 0 Å². The van der Waals surface area contributed by atoms with Crippen LogP contribution in [-0.4, -0.2) is 72.9 Å². The molecule has 0 saturated carbocycles. The Morgan fingerprint density at radius 3 is 1.88 bits per heavy atom. The second kappa shape index (κ2) is 15.4. The van der Waals surface area contributed by atoms with Crippen LogP contribution in [0.5, 0.6) is 0 Å². The molecule has 1 aliphatic rings. The maximum atomic E-state index is 11.8. The third-order valence-corrected chi connectivity index (χ3v) is 4.97. The second-order valence-corrected chi connectivity index (χ2v) is 8.19. The summed E-state index contributed by atoms with van der Waals surface area (Å²) in [5, 5.41) is 2.79. The minimum Gasteiger partial charge on any atom is -0.471 e. The van der Waals surface area contributed by atoms with Crippen molar-refractivity contribution in [2.24, 2.45) is 0 Å². The molecule has 194 valence electrons. The minimum atomic E-state index is -1.27. The van der Waals surface area contributed by atoms with E-state index in [0.29, 0.717) is 6.61 Å². The van der Waals surface area contributed by atoms with E-state index in [9.17, 15) is 19.2 Å². The highest BCUT2D eigenvalue weighted by atomic mass is 32.1. The average molecular weight is 506 g/mol. The zero-order valence-corrected chi connectivity index (χ0v) is 21.1. The number of esters is 4. The number of hydrogen-bond donors (Lipinski definition) is 1. The number of unbranched alkanes of at least 4 members (excludes halogenated alkanes) is 4. The van der Waals surface area contributed by atoms with Gasteiger partial charge in [0.2, 0.25) is 0 Å². The molecule has 12 heteroatoms. The molecular weight excluding hydrogens is 470 g/mol. The van der Waals surface area contributed by atoms with E-state index in [1.165, 1.54) is 13.8 Å². The third kappa shape index (κ3) is 11.1. The molecule has 5 atom stereocenters. The van der Waals surface area contributed by atoms with E-state index in [0.717, 1.165) is 46.0 Å². The number of carbonyl (C=O) groups is 4. The summed E-state index contributed by atoms with van der Waals surface area (Å²) in [7, 11) is 0. The maximum absolute atomic E-state index is 11.8. The van der Waals surface area contributed by atoms with E-state index >= 15 is 0 Å². The van der Waals surface area contributed by atoms with E-state index in [1.807, 2.05) is 0 Å². The average Bonchev–Trinajstić information content (AvgIpc) is 2.72. The fourth-order valence-corrected chi connectivity index (χ4v) is 3.57. The van der Waals surface area contributed by atoms with Crippen LogP contribution < -0.4 is 5.32 Å². The third-order valence-electron chi connectivity index (χ3n) is 4.73. The Morgan fingerprint density at radius 1 is 0.765 bits per heavy atom. The highest BCUT2D eigenvalue weighted by molar-refractivity contribution is 7.80. The van der Waals surface area contributed by atoms with Gasteiger partial charge in [-0.15, -0.1) is 0 Å². The first-order valence-corrected chi connectivity index (χ1v) is 11.7. The summed E-state index contributed by atoms with van der Waals surface area (Å²) in [6, 6.07) is 0. The summed E-state index contributed by atoms with van der Waals surface area (Å²) in [5.74, 6) is -2.70. The van der Waals surface area contributed by atoms with Gasteiger partial charge < -0.3 is 33.7 Å². The van der Waals surface area contributed by atoms with E-state index in [-0.39, 0.29) is 11.8 Å². The van der Waals surface area contributed by atoms with Crippen molar-refractivity contribution in [1.29, 1.82) is 0 Å². The number of hydrogen-bond acceptors (Lipinski definition) is 11. The van der Waals surface area contributed by atoms with Gasteiger partial charge in [-0.1, -0.05) is 32.6 Å². The lowest BCUT2D eigenvalue weighted by molar-refractivity contribution is -0.255. The van der Waals surface area contributed by atoms with Crippen molar-refractivity contribution in [3.8, 4) is 0 Å². The number of rotatable bonds is 12. The lowest BCUT2D eigenvalue weighted by Crippen LogP contribution is -2.66. The van der Waals surface area contributed by atoms with Crippen LogP contribution in [0, 0.1) is 0 Å². The van der Waals surface area contributed by atoms with Gasteiger partial charge in [-0.3, -0.25) is 19.2 Å². The van der Waals surface area contributed by atoms with Gasteiger partial charge in [0.25, 0.3) is 5.17 Å². The Hall–Kier alpha value is -2.47. The summed E-state index contributed by atoms with van der Waals surface area (Å²) in [4.78, 5) is 46.7.